The Morgan fingerprint density at radius 3 is 2.64 bits per heavy atom. The van der Waals surface area contributed by atoms with Crippen LogP contribution in [0, 0.1) is 11.8 Å². The van der Waals surface area contributed by atoms with Crippen molar-refractivity contribution in [1.29, 1.82) is 0 Å². The molecule has 3 rings (SSSR count). The maximum Gasteiger partial charge on any atom is 0.216 e. The second kappa shape index (κ2) is 8.80. The third-order valence-electron chi connectivity index (χ3n) is 4.18. The molecule has 0 saturated heterocycles. The lowest BCUT2D eigenvalue weighted by atomic mass is 10.0. The van der Waals surface area contributed by atoms with E-state index in [1.54, 1.807) is 31.2 Å². The zero-order valence-corrected chi connectivity index (χ0v) is 15.5. The highest BCUT2D eigenvalue weighted by atomic mass is 16.1. The quantitative estimate of drug-likeness (QED) is 0.454. The zero-order chi connectivity index (χ0) is 19.9. The van der Waals surface area contributed by atoms with E-state index in [-0.39, 0.29) is 23.3 Å². The summed E-state index contributed by atoms with van der Waals surface area (Å²) in [6, 6.07) is 16.4. The van der Waals surface area contributed by atoms with Gasteiger partial charge in [0.15, 0.2) is 0 Å². The molecule has 1 atom stereocenters. The van der Waals surface area contributed by atoms with Gasteiger partial charge < -0.3 is 16.8 Å². The molecule has 0 fully saturated rings. The van der Waals surface area contributed by atoms with E-state index in [0.717, 1.165) is 5.56 Å². The average molecular weight is 371 g/mol. The standard InChI is InChI=1S/C22H21N5O/c1-2-7-16-11-12-19(26-14-18(23)15-8-4-3-5-9-15)27-20(16)21(28)17-10-6-13-25-22(17)24/h3-6,8-13,18H,14,23H2,1H3,(H2,24,25)(H,26,27)/t18-/m1/s1. The molecule has 6 nitrogen and oxygen atoms in total. The highest BCUT2D eigenvalue weighted by Gasteiger charge is 2.18. The van der Waals surface area contributed by atoms with E-state index in [1.807, 2.05) is 30.3 Å². The summed E-state index contributed by atoms with van der Waals surface area (Å²) in [7, 11) is 0. The molecule has 0 bridgehead atoms. The summed E-state index contributed by atoms with van der Waals surface area (Å²) in [4.78, 5) is 21.4. The van der Waals surface area contributed by atoms with E-state index in [9.17, 15) is 4.79 Å². The third-order valence-corrected chi connectivity index (χ3v) is 4.18. The van der Waals surface area contributed by atoms with Crippen molar-refractivity contribution in [2.45, 2.75) is 13.0 Å². The molecule has 2 aromatic heterocycles. The van der Waals surface area contributed by atoms with Crippen LogP contribution >= 0.6 is 0 Å². The van der Waals surface area contributed by atoms with Gasteiger partial charge in [0.25, 0.3) is 0 Å². The summed E-state index contributed by atoms with van der Waals surface area (Å²) in [5, 5.41) is 3.19. The molecule has 0 aliphatic rings. The lowest BCUT2D eigenvalue weighted by Crippen LogP contribution is -2.21. The lowest BCUT2D eigenvalue weighted by Gasteiger charge is -2.14. The summed E-state index contributed by atoms with van der Waals surface area (Å²) < 4.78 is 0. The molecule has 1 aromatic carbocycles. The first kappa shape index (κ1) is 19.1. The van der Waals surface area contributed by atoms with Gasteiger partial charge in [0.1, 0.15) is 17.3 Å². The normalized spacial score (nSPS) is 11.2. The molecular formula is C22H21N5O. The van der Waals surface area contributed by atoms with Gasteiger partial charge in [-0.05, 0) is 36.8 Å². The zero-order valence-electron chi connectivity index (χ0n) is 15.5. The maximum atomic E-state index is 13.0. The van der Waals surface area contributed by atoms with Crippen molar-refractivity contribution in [3.05, 3.63) is 83.2 Å². The minimum atomic E-state index is -0.320. The molecule has 6 heteroatoms. The summed E-state index contributed by atoms with van der Waals surface area (Å²) in [5.41, 5.74) is 14.2. The van der Waals surface area contributed by atoms with E-state index >= 15 is 0 Å². The van der Waals surface area contributed by atoms with Crippen molar-refractivity contribution in [1.82, 2.24) is 9.97 Å². The number of ketones is 1. The van der Waals surface area contributed by atoms with Gasteiger partial charge in [0, 0.05) is 18.8 Å². The van der Waals surface area contributed by atoms with Gasteiger partial charge in [-0.2, -0.15) is 0 Å². The minimum Gasteiger partial charge on any atom is -0.383 e. The SMILES string of the molecule is CC#Cc1ccc(NC[C@@H](N)c2ccccc2)nc1C(=O)c1cccnc1N. The van der Waals surface area contributed by atoms with Crippen LogP contribution in [0.5, 0.6) is 0 Å². The summed E-state index contributed by atoms with van der Waals surface area (Å²) in [6.07, 6.45) is 1.54. The Morgan fingerprint density at radius 1 is 1.14 bits per heavy atom. The minimum absolute atomic E-state index is 0.161. The van der Waals surface area contributed by atoms with Crippen LogP contribution in [0.15, 0.2) is 60.8 Å². The van der Waals surface area contributed by atoms with Gasteiger partial charge in [-0.3, -0.25) is 4.79 Å². The van der Waals surface area contributed by atoms with Crippen molar-refractivity contribution < 1.29 is 4.79 Å². The van der Waals surface area contributed by atoms with Crippen LogP contribution in [0.2, 0.25) is 0 Å². The average Bonchev–Trinajstić information content (AvgIpc) is 2.73. The number of nitrogen functional groups attached to an aromatic ring is 1. The molecule has 2 heterocycles. The number of hydrogen-bond donors (Lipinski definition) is 3. The topological polar surface area (TPSA) is 107 Å². The predicted octanol–water partition coefficient (Wildman–Crippen LogP) is 2.77. The number of hydrogen-bond acceptors (Lipinski definition) is 6. The summed E-state index contributed by atoms with van der Waals surface area (Å²) >= 11 is 0. The van der Waals surface area contributed by atoms with Crippen molar-refractivity contribution in [3.8, 4) is 11.8 Å². The molecule has 0 spiro atoms. The van der Waals surface area contributed by atoms with Crippen LogP contribution in [0.1, 0.15) is 40.1 Å². The number of nitrogens with zero attached hydrogens (tertiary/aromatic N) is 2. The van der Waals surface area contributed by atoms with Crippen LogP contribution in [0.3, 0.4) is 0 Å². The molecule has 5 N–H and O–H groups in total. The van der Waals surface area contributed by atoms with Gasteiger partial charge >= 0.3 is 0 Å². The molecule has 3 aromatic rings. The molecule has 0 radical (unpaired) electrons. The number of anilines is 2. The number of nitrogens with two attached hydrogens (primary N) is 2. The first-order chi connectivity index (χ1) is 13.6. The van der Waals surface area contributed by atoms with Crippen molar-refractivity contribution >= 4 is 17.4 Å². The fourth-order valence-electron chi connectivity index (χ4n) is 2.74. The maximum absolute atomic E-state index is 13.0. The molecule has 0 amide bonds. The Balaban J connectivity index is 1.86. The number of nitrogens with one attached hydrogen (secondary N) is 1. The van der Waals surface area contributed by atoms with E-state index in [2.05, 4.69) is 27.1 Å². The molecular weight excluding hydrogens is 350 g/mol. The number of carbonyl (C=O) groups excluding carboxylic acids is 1. The Labute approximate surface area is 164 Å². The predicted molar refractivity (Wildman–Crippen MR) is 111 cm³/mol. The van der Waals surface area contributed by atoms with Gasteiger partial charge in [-0.15, -0.1) is 5.92 Å². The van der Waals surface area contributed by atoms with Crippen molar-refractivity contribution in [2.24, 2.45) is 5.73 Å². The number of carbonyl (C=O) groups is 1. The second-order valence-corrected chi connectivity index (χ2v) is 6.13. The van der Waals surface area contributed by atoms with Crippen LogP contribution < -0.4 is 16.8 Å². The van der Waals surface area contributed by atoms with E-state index in [1.165, 1.54) is 6.20 Å². The second-order valence-electron chi connectivity index (χ2n) is 6.13. The Hall–Kier alpha value is -3.69. The van der Waals surface area contributed by atoms with Gasteiger partial charge in [0.05, 0.1) is 11.1 Å². The van der Waals surface area contributed by atoms with Crippen molar-refractivity contribution in [2.75, 3.05) is 17.6 Å². The fourth-order valence-corrected chi connectivity index (χ4v) is 2.74. The Bertz CT molecular complexity index is 1040. The van der Waals surface area contributed by atoms with Crippen molar-refractivity contribution in [3.63, 3.8) is 0 Å². The monoisotopic (exact) mass is 371 g/mol. The summed E-state index contributed by atoms with van der Waals surface area (Å²) in [5.74, 6) is 6.11. The highest BCUT2D eigenvalue weighted by molar-refractivity contribution is 6.11. The number of rotatable bonds is 6. The fraction of sp³-hybridized carbons (Fsp3) is 0.136. The largest absolute Gasteiger partial charge is 0.383 e. The van der Waals surface area contributed by atoms with Gasteiger partial charge in [0.2, 0.25) is 5.78 Å². The third kappa shape index (κ3) is 4.34. The van der Waals surface area contributed by atoms with Gasteiger partial charge in [-0.1, -0.05) is 36.3 Å². The lowest BCUT2D eigenvalue weighted by molar-refractivity contribution is 0.103. The molecule has 0 saturated carbocycles. The molecule has 28 heavy (non-hydrogen) atoms. The molecule has 0 aliphatic carbocycles. The summed E-state index contributed by atoms with van der Waals surface area (Å²) in [6.45, 7) is 2.18. The number of pyridine rings is 2. The number of aromatic nitrogens is 2. The smallest absolute Gasteiger partial charge is 0.216 e. The van der Waals surface area contributed by atoms with E-state index in [0.29, 0.717) is 23.5 Å². The first-order valence-corrected chi connectivity index (χ1v) is 8.83. The molecule has 0 aliphatic heterocycles. The van der Waals surface area contributed by atoms with Crippen LogP contribution in [0.25, 0.3) is 0 Å². The molecule has 140 valence electrons. The van der Waals surface area contributed by atoms with Gasteiger partial charge in [-0.25, -0.2) is 9.97 Å². The van der Waals surface area contributed by atoms with Crippen LogP contribution in [-0.2, 0) is 0 Å². The first-order valence-electron chi connectivity index (χ1n) is 8.83. The van der Waals surface area contributed by atoms with Crippen LogP contribution in [-0.4, -0.2) is 22.3 Å². The highest BCUT2D eigenvalue weighted by Crippen LogP contribution is 2.19. The van der Waals surface area contributed by atoms with Crippen LogP contribution in [0.4, 0.5) is 11.6 Å². The van der Waals surface area contributed by atoms with E-state index in [4.69, 9.17) is 11.5 Å². The molecule has 0 unspecified atom stereocenters. The Kier molecular flexibility index (Phi) is 6.00. The Morgan fingerprint density at radius 2 is 1.93 bits per heavy atom. The van der Waals surface area contributed by atoms with E-state index < -0.39 is 0 Å². The number of benzene rings is 1.